The van der Waals surface area contributed by atoms with E-state index in [1.165, 1.54) is 0 Å². The lowest BCUT2D eigenvalue weighted by Crippen LogP contribution is -2.06. The standard InChI is InChI=1S/C29H21ClN2O2/c30-24-16-8-7-15-23(24)20-32-26-18-10-9-17-25(26)31-28(32)19-27(21-11-3-1-4-12-21)34-29(33)22-13-5-2-6-14-22/h1-19H,20H2/b27-19-. The van der Waals surface area contributed by atoms with Gasteiger partial charge in [0.15, 0.2) is 0 Å². The minimum atomic E-state index is -0.426. The van der Waals surface area contributed by atoms with Crippen molar-refractivity contribution < 1.29 is 9.53 Å². The summed E-state index contributed by atoms with van der Waals surface area (Å²) >= 11 is 6.46. The van der Waals surface area contributed by atoms with E-state index in [0.29, 0.717) is 28.7 Å². The molecule has 34 heavy (non-hydrogen) atoms. The Morgan fingerprint density at radius 1 is 0.794 bits per heavy atom. The summed E-state index contributed by atoms with van der Waals surface area (Å²) < 4.78 is 7.97. The fourth-order valence-corrected chi connectivity index (χ4v) is 3.99. The first-order valence-electron chi connectivity index (χ1n) is 10.9. The van der Waals surface area contributed by atoms with Crippen molar-refractivity contribution in [2.75, 3.05) is 0 Å². The van der Waals surface area contributed by atoms with Gasteiger partial charge in [0.2, 0.25) is 0 Å². The van der Waals surface area contributed by atoms with Crippen molar-refractivity contribution in [3.05, 3.63) is 137 Å². The highest BCUT2D eigenvalue weighted by atomic mass is 35.5. The van der Waals surface area contributed by atoms with Crippen LogP contribution < -0.4 is 0 Å². The molecule has 4 aromatic carbocycles. The van der Waals surface area contributed by atoms with E-state index in [9.17, 15) is 4.79 Å². The van der Waals surface area contributed by atoms with E-state index < -0.39 is 5.97 Å². The van der Waals surface area contributed by atoms with Gasteiger partial charge in [-0.2, -0.15) is 0 Å². The maximum atomic E-state index is 12.9. The number of nitrogens with zero attached hydrogens (tertiary/aromatic N) is 2. The summed E-state index contributed by atoms with van der Waals surface area (Å²) in [6.07, 6.45) is 1.81. The zero-order valence-corrected chi connectivity index (χ0v) is 19.0. The van der Waals surface area contributed by atoms with E-state index >= 15 is 0 Å². The molecule has 0 saturated heterocycles. The van der Waals surface area contributed by atoms with E-state index in [0.717, 1.165) is 22.2 Å². The van der Waals surface area contributed by atoms with Crippen molar-refractivity contribution in [1.29, 1.82) is 0 Å². The molecule has 0 amide bonds. The first-order chi connectivity index (χ1) is 16.7. The highest BCUT2D eigenvalue weighted by Crippen LogP contribution is 2.26. The van der Waals surface area contributed by atoms with E-state index in [1.807, 2.05) is 103 Å². The molecule has 1 heterocycles. The number of carbonyl (C=O) groups excluding carboxylic acids is 1. The van der Waals surface area contributed by atoms with Gasteiger partial charge in [-0.3, -0.25) is 0 Å². The van der Waals surface area contributed by atoms with Crippen LogP contribution in [0, 0.1) is 0 Å². The maximum Gasteiger partial charge on any atom is 0.343 e. The molecule has 0 fully saturated rings. The zero-order chi connectivity index (χ0) is 23.3. The molecule has 0 aliphatic carbocycles. The maximum absolute atomic E-state index is 12.9. The third-order valence-electron chi connectivity index (χ3n) is 5.50. The molecule has 0 saturated carbocycles. The molecule has 5 aromatic rings. The minimum absolute atomic E-state index is 0.421. The summed E-state index contributed by atoms with van der Waals surface area (Å²) in [5.41, 5.74) is 4.06. The van der Waals surface area contributed by atoms with Crippen molar-refractivity contribution in [3.63, 3.8) is 0 Å². The Hall–Kier alpha value is -4.15. The van der Waals surface area contributed by atoms with Crippen LogP contribution in [0.5, 0.6) is 0 Å². The Balaban J connectivity index is 1.62. The van der Waals surface area contributed by atoms with Crippen molar-refractivity contribution in [3.8, 4) is 0 Å². The van der Waals surface area contributed by atoms with Gasteiger partial charge in [-0.05, 0) is 35.9 Å². The number of hydrogen-bond donors (Lipinski definition) is 0. The smallest absolute Gasteiger partial charge is 0.343 e. The molecule has 5 rings (SSSR count). The number of benzene rings is 4. The summed E-state index contributed by atoms with van der Waals surface area (Å²) in [5, 5.41) is 0.689. The van der Waals surface area contributed by atoms with Gasteiger partial charge in [0, 0.05) is 16.7 Å². The number of hydrogen-bond acceptors (Lipinski definition) is 3. The second-order valence-electron chi connectivity index (χ2n) is 7.77. The minimum Gasteiger partial charge on any atom is -0.422 e. The van der Waals surface area contributed by atoms with Gasteiger partial charge in [0.05, 0.1) is 23.1 Å². The van der Waals surface area contributed by atoms with Gasteiger partial charge >= 0.3 is 5.97 Å². The topological polar surface area (TPSA) is 44.1 Å². The fraction of sp³-hybridized carbons (Fsp3) is 0.0345. The van der Waals surface area contributed by atoms with Gasteiger partial charge in [-0.1, -0.05) is 90.5 Å². The number of fused-ring (bicyclic) bond motifs is 1. The normalized spacial score (nSPS) is 11.5. The Morgan fingerprint density at radius 3 is 2.15 bits per heavy atom. The molecular weight excluding hydrogens is 444 g/mol. The van der Waals surface area contributed by atoms with Gasteiger partial charge < -0.3 is 9.30 Å². The van der Waals surface area contributed by atoms with E-state index in [1.54, 1.807) is 12.1 Å². The lowest BCUT2D eigenvalue weighted by molar-refractivity contribution is 0.0693. The average Bonchev–Trinajstić information content (AvgIpc) is 3.23. The molecule has 1 aromatic heterocycles. The Bertz CT molecular complexity index is 1470. The van der Waals surface area contributed by atoms with Crippen molar-refractivity contribution in [2.45, 2.75) is 6.54 Å². The fourth-order valence-electron chi connectivity index (χ4n) is 3.79. The van der Waals surface area contributed by atoms with Crippen LogP contribution in [0.1, 0.15) is 27.3 Å². The molecule has 0 unspecified atom stereocenters. The number of ether oxygens (including phenoxy) is 1. The predicted molar refractivity (Wildman–Crippen MR) is 136 cm³/mol. The molecule has 4 nitrogen and oxygen atoms in total. The monoisotopic (exact) mass is 464 g/mol. The second-order valence-corrected chi connectivity index (χ2v) is 8.17. The van der Waals surface area contributed by atoms with E-state index in [4.69, 9.17) is 21.3 Å². The Kier molecular flexibility index (Phi) is 6.23. The van der Waals surface area contributed by atoms with Crippen LogP contribution in [0.3, 0.4) is 0 Å². The summed E-state index contributed by atoms with van der Waals surface area (Å²) in [7, 11) is 0. The van der Waals surface area contributed by atoms with Crippen LogP contribution >= 0.6 is 11.6 Å². The van der Waals surface area contributed by atoms with Crippen LogP contribution in [0.2, 0.25) is 5.02 Å². The van der Waals surface area contributed by atoms with Crippen LogP contribution in [-0.2, 0) is 11.3 Å². The summed E-state index contributed by atoms with van der Waals surface area (Å²) in [4.78, 5) is 17.7. The Labute approximate surface area is 202 Å². The molecular formula is C29H21ClN2O2. The summed E-state index contributed by atoms with van der Waals surface area (Å²) in [6.45, 7) is 0.528. The Morgan fingerprint density at radius 2 is 1.41 bits per heavy atom. The quantitative estimate of drug-likeness (QED) is 0.199. The van der Waals surface area contributed by atoms with Crippen molar-refractivity contribution >= 4 is 40.4 Å². The number of rotatable bonds is 6. The predicted octanol–water partition coefficient (Wildman–Crippen LogP) is 7.09. The number of esters is 1. The third kappa shape index (κ3) is 4.63. The largest absolute Gasteiger partial charge is 0.422 e. The van der Waals surface area contributed by atoms with Crippen molar-refractivity contribution in [1.82, 2.24) is 9.55 Å². The molecule has 0 atom stereocenters. The zero-order valence-electron chi connectivity index (χ0n) is 18.3. The molecule has 5 heteroatoms. The number of imidazole rings is 1. The van der Waals surface area contributed by atoms with Crippen LogP contribution in [-0.4, -0.2) is 15.5 Å². The van der Waals surface area contributed by atoms with Crippen LogP contribution in [0.25, 0.3) is 22.9 Å². The molecule has 166 valence electrons. The average molecular weight is 465 g/mol. The van der Waals surface area contributed by atoms with Gasteiger partial charge in [0.25, 0.3) is 0 Å². The molecule has 0 radical (unpaired) electrons. The third-order valence-corrected chi connectivity index (χ3v) is 5.87. The highest BCUT2D eigenvalue weighted by Gasteiger charge is 2.16. The number of carbonyl (C=O) groups is 1. The van der Waals surface area contributed by atoms with Crippen LogP contribution in [0.4, 0.5) is 0 Å². The van der Waals surface area contributed by atoms with Gasteiger partial charge in [-0.15, -0.1) is 0 Å². The number of halogens is 1. The lowest BCUT2D eigenvalue weighted by atomic mass is 10.1. The van der Waals surface area contributed by atoms with E-state index in [2.05, 4.69) is 4.57 Å². The lowest BCUT2D eigenvalue weighted by Gasteiger charge is -2.12. The first kappa shape index (κ1) is 21.7. The first-order valence-corrected chi connectivity index (χ1v) is 11.3. The molecule has 0 aliphatic heterocycles. The SMILES string of the molecule is O=C(O/C(=C\c1nc2ccccc2n1Cc1ccccc1Cl)c1ccccc1)c1ccccc1. The van der Waals surface area contributed by atoms with Gasteiger partial charge in [-0.25, -0.2) is 9.78 Å². The molecule has 0 bridgehead atoms. The van der Waals surface area contributed by atoms with Crippen molar-refractivity contribution in [2.24, 2.45) is 0 Å². The van der Waals surface area contributed by atoms with Gasteiger partial charge in [0.1, 0.15) is 11.6 Å². The molecule has 0 aliphatic rings. The molecule has 0 N–H and O–H groups in total. The van der Waals surface area contributed by atoms with Crippen LogP contribution in [0.15, 0.2) is 109 Å². The number of para-hydroxylation sites is 2. The molecule has 0 spiro atoms. The highest BCUT2D eigenvalue weighted by molar-refractivity contribution is 6.31. The van der Waals surface area contributed by atoms with E-state index in [-0.39, 0.29) is 0 Å². The summed E-state index contributed by atoms with van der Waals surface area (Å²) in [5.74, 6) is 0.662. The summed E-state index contributed by atoms with van der Waals surface area (Å²) in [6, 6.07) is 34.2. The number of aromatic nitrogens is 2. The second kappa shape index (κ2) is 9.77.